The molecule has 0 fully saturated rings. The van der Waals surface area contributed by atoms with Crippen LogP contribution in [0.3, 0.4) is 0 Å². The summed E-state index contributed by atoms with van der Waals surface area (Å²) in [6.07, 6.45) is 2.16. The third-order valence-corrected chi connectivity index (χ3v) is 2.64. The minimum Gasteiger partial charge on any atom is -0.480 e. The third-order valence-electron chi connectivity index (χ3n) is 2.64. The van der Waals surface area contributed by atoms with Crippen molar-refractivity contribution in [2.45, 2.75) is 45.2 Å². The quantitative estimate of drug-likeness (QED) is 0.179. The van der Waals surface area contributed by atoms with Crippen molar-refractivity contribution < 1.29 is 39.6 Å². The first-order valence-electron chi connectivity index (χ1n) is 8.28. The summed E-state index contributed by atoms with van der Waals surface area (Å²) in [5.74, 6) is -3.78. The highest BCUT2D eigenvalue weighted by atomic mass is 16.4. The largest absolute Gasteiger partial charge is 0.480 e. The average Bonchev–Trinajstić information content (AvgIpc) is 2.62. The molecule has 0 saturated carbocycles. The predicted molar refractivity (Wildman–Crippen MR) is 102 cm³/mol. The average molecular weight is 413 g/mol. The van der Waals surface area contributed by atoms with Gasteiger partial charge in [-0.05, 0) is 25.3 Å². The Hall–Kier alpha value is -2.32. The van der Waals surface area contributed by atoms with E-state index in [1.54, 1.807) is 13.8 Å². The number of hydrogen-bond donors (Lipinski definition) is 9. The van der Waals surface area contributed by atoms with E-state index in [2.05, 4.69) is 11.5 Å². The molecule has 0 aliphatic carbocycles. The van der Waals surface area contributed by atoms with Crippen LogP contribution in [0.4, 0.5) is 0 Å². The molecule has 168 valence electrons. The fourth-order valence-electron chi connectivity index (χ4n) is 0.917. The lowest BCUT2D eigenvalue weighted by Crippen LogP contribution is -2.34. The van der Waals surface area contributed by atoms with Crippen molar-refractivity contribution in [3.8, 4) is 0 Å². The number of carboxylic acid groups (broad SMARTS) is 4. The van der Waals surface area contributed by atoms with Crippen molar-refractivity contribution in [3.63, 3.8) is 0 Å². The SMILES string of the molecule is CC(C)C(N)C(=O)O.NCC(=O)O.NCC(=O)O.NCCCCC(N)C(=O)O. The summed E-state index contributed by atoms with van der Waals surface area (Å²) in [4.78, 5) is 38.6. The van der Waals surface area contributed by atoms with Crippen LogP contribution in [0, 0.1) is 5.92 Å². The van der Waals surface area contributed by atoms with Crippen molar-refractivity contribution in [3.05, 3.63) is 0 Å². The van der Waals surface area contributed by atoms with Crippen molar-refractivity contribution in [2.24, 2.45) is 34.6 Å². The lowest BCUT2D eigenvalue weighted by molar-refractivity contribution is -0.140. The zero-order chi connectivity index (χ0) is 23.3. The number of carbonyl (C=O) groups is 4. The summed E-state index contributed by atoms with van der Waals surface area (Å²) >= 11 is 0. The first-order valence-corrected chi connectivity index (χ1v) is 8.28. The Morgan fingerprint density at radius 1 is 0.750 bits per heavy atom. The summed E-state index contributed by atoms with van der Waals surface area (Å²) in [6.45, 7) is 3.60. The van der Waals surface area contributed by atoms with Gasteiger partial charge in [0.05, 0.1) is 13.1 Å². The molecule has 0 bridgehead atoms. The van der Waals surface area contributed by atoms with Gasteiger partial charge in [-0.25, -0.2) is 0 Å². The predicted octanol–water partition coefficient (Wildman–Crippen LogP) is -2.36. The molecule has 0 spiro atoms. The Balaban J connectivity index is -0.000000144. The Labute approximate surface area is 163 Å². The number of hydrogen-bond acceptors (Lipinski definition) is 9. The van der Waals surface area contributed by atoms with E-state index in [1.165, 1.54) is 0 Å². The molecular weight excluding hydrogens is 378 g/mol. The maximum Gasteiger partial charge on any atom is 0.320 e. The van der Waals surface area contributed by atoms with Crippen LogP contribution in [0.1, 0.15) is 33.1 Å². The summed E-state index contributed by atoms with van der Waals surface area (Å²) in [5, 5.41) is 31.7. The molecule has 0 aromatic rings. The molecule has 14 N–H and O–H groups in total. The van der Waals surface area contributed by atoms with Gasteiger partial charge < -0.3 is 49.1 Å². The first-order chi connectivity index (χ1) is 12.8. The van der Waals surface area contributed by atoms with Gasteiger partial charge in [0.25, 0.3) is 0 Å². The van der Waals surface area contributed by atoms with E-state index in [0.29, 0.717) is 13.0 Å². The molecule has 0 aliphatic heterocycles. The zero-order valence-corrected chi connectivity index (χ0v) is 16.3. The van der Waals surface area contributed by atoms with E-state index in [9.17, 15) is 19.2 Å². The molecular formula is C15H35N5O8. The first kappa shape index (κ1) is 33.3. The maximum absolute atomic E-state index is 10.1. The monoisotopic (exact) mass is 413 g/mol. The van der Waals surface area contributed by atoms with Crippen molar-refractivity contribution in [1.29, 1.82) is 0 Å². The Kier molecular flexibility index (Phi) is 27.0. The molecule has 0 aliphatic rings. The van der Waals surface area contributed by atoms with Crippen LogP contribution in [-0.2, 0) is 19.2 Å². The van der Waals surface area contributed by atoms with E-state index in [4.69, 9.17) is 37.6 Å². The molecule has 28 heavy (non-hydrogen) atoms. The van der Waals surface area contributed by atoms with Gasteiger partial charge in [-0.2, -0.15) is 0 Å². The molecule has 0 heterocycles. The number of unbranched alkanes of at least 4 members (excludes halogenated alkanes) is 1. The van der Waals surface area contributed by atoms with Gasteiger partial charge in [0.15, 0.2) is 0 Å². The van der Waals surface area contributed by atoms with Crippen LogP contribution >= 0.6 is 0 Å². The Morgan fingerprint density at radius 3 is 1.25 bits per heavy atom. The van der Waals surface area contributed by atoms with E-state index in [0.717, 1.165) is 12.8 Å². The number of nitrogens with two attached hydrogens (primary N) is 5. The van der Waals surface area contributed by atoms with Gasteiger partial charge in [0.2, 0.25) is 0 Å². The minimum absolute atomic E-state index is 0.0208. The van der Waals surface area contributed by atoms with Crippen LogP contribution in [0.2, 0.25) is 0 Å². The van der Waals surface area contributed by atoms with Gasteiger partial charge in [0, 0.05) is 0 Å². The molecule has 13 heteroatoms. The van der Waals surface area contributed by atoms with E-state index in [-0.39, 0.29) is 19.0 Å². The van der Waals surface area contributed by atoms with E-state index in [1.807, 2.05) is 0 Å². The Morgan fingerprint density at radius 2 is 1.11 bits per heavy atom. The maximum atomic E-state index is 10.1. The highest BCUT2D eigenvalue weighted by Crippen LogP contribution is 1.97. The minimum atomic E-state index is -0.968. The molecule has 0 radical (unpaired) electrons. The second-order valence-corrected chi connectivity index (χ2v) is 5.53. The fourth-order valence-corrected chi connectivity index (χ4v) is 0.917. The number of rotatable bonds is 9. The molecule has 0 rings (SSSR count). The number of carboxylic acids is 4. The molecule has 2 unspecified atom stereocenters. The smallest absolute Gasteiger partial charge is 0.320 e. The molecule has 13 nitrogen and oxygen atoms in total. The normalized spacial score (nSPS) is 11.3. The summed E-state index contributed by atoms with van der Waals surface area (Å²) in [6, 6.07) is -1.43. The topological polar surface area (TPSA) is 279 Å². The van der Waals surface area contributed by atoms with Gasteiger partial charge in [0.1, 0.15) is 12.1 Å². The van der Waals surface area contributed by atoms with E-state index < -0.39 is 36.0 Å². The molecule has 0 amide bonds. The lowest BCUT2D eigenvalue weighted by Gasteiger charge is -2.07. The highest BCUT2D eigenvalue weighted by molar-refractivity contribution is 5.73. The molecule has 0 aromatic heterocycles. The summed E-state index contributed by atoms with van der Waals surface area (Å²) < 4.78 is 0. The van der Waals surface area contributed by atoms with Gasteiger partial charge in [-0.15, -0.1) is 0 Å². The van der Waals surface area contributed by atoms with Gasteiger partial charge in [-0.3, -0.25) is 19.2 Å². The van der Waals surface area contributed by atoms with E-state index >= 15 is 0 Å². The fraction of sp³-hybridized carbons (Fsp3) is 0.733. The lowest BCUT2D eigenvalue weighted by atomic mass is 10.1. The van der Waals surface area contributed by atoms with Crippen LogP contribution in [-0.4, -0.2) is 76.0 Å². The van der Waals surface area contributed by atoms with Crippen LogP contribution in [0.25, 0.3) is 0 Å². The van der Waals surface area contributed by atoms with Gasteiger partial charge in [-0.1, -0.05) is 20.3 Å². The molecule has 0 aromatic carbocycles. The van der Waals surface area contributed by atoms with Crippen LogP contribution < -0.4 is 28.7 Å². The highest BCUT2D eigenvalue weighted by Gasteiger charge is 2.14. The molecule has 2 atom stereocenters. The standard InChI is InChI=1S/C6H14N2O2.C5H11NO2.2C2H5NO2/c7-4-2-1-3-5(8)6(9)10;1-3(2)4(6)5(7)8;2*3-1-2(4)5/h5H,1-4,7-8H2,(H,9,10);3-4H,6H2,1-2H3,(H,7,8);2*1,3H2,(H,4,5). The van der Waals surface area contributed by atoms with Crippen molar-refractivity contribution in [1.82, 2.24) is 0 Å². The van der Waals surface area contributed by atoms with Crippen LogP contribution in [0.15, 0.2) is 0 Å². The van der Waals surface area contributed by atoms with Crippen molar-refractivity contribution in [2.75, 3.05) is 19.6 Å². The summed E-state index contributed by atoms with van der Waals surface area (Å²) in [5.41, 5.74) is 24.7. The van der Waals surface area contributed by atoms with Crippen LogP contribution in [0.5, 0.6) is 0 Å². The van der Waals surface area contributed by atoms with Crippen molar-refractivity contribution >= 4 is 23.9 Å². The second-order valence-electron chi connectivity index (χ2n) is 5.53. The summed E-state index contributed by atoms with van der Waals surface area (Å²) in [7, 11) is 0. The second kappa shape index (κ2) is 22.7. The zero-order valence-electron chi connectivity index (χ0n) is 16.3. The number of aliphatic carboxylic acids is 4. The van der Waals surface area contributed by atoms with Gasteiger partial charge >= 0.3 is 23.9 Å². The molecule has 0 saturated heterocycles. The Bertz CT molecular complexity index is 421. The third kappa shape index (κ3) is 34.9.